The van der Waals surface area contributed by atoms with Gasteiger partial charge in [-0.1, -0.05) is 18.2 Å². The summed E-state index contributed by atoms with van der Waals surface area (Å²) in [7, 11) is 1.32. The lowest BCUT2D eigenvalue weighted by Gasteiger charge is -2.33. The van der Waals surface area contributed by atoms with Crippen molar-refractivity contribution in [3.8, 4) is 11.5 Å². The number of oxazole rings is 1. The Morgan fingerprint density at radius 3 is 2.96 bits per heavy atom. The fourth-order valence-corrected chi connectivity index (χ4v) is 2.72. The average molecular weight is 329 g/mol. The van der Waals surface area contributed by atoms with Crippen LogP contribution in [0.25, 0.3) is 11.5 Å². The van der Waals surface area contributed by atoms with Crippen molar-refractivity contribution in [3.05, 3.63) is 42.3 Å². The van der Waals surface area contributed by atoms with Gasteiger partial charge in [-0.25, -0.2) is 4.98 Å². The molecule has 0 unspecified atom stereocenters. The molecule has 1 aliphatic heterocycles. The third kappa shape index (κ3) is 3.62. The van der Waals surface area contributed by atoms with Crippen molar-refractivity contribution >= 4 is 11.9 Å². The van der Waals surface area contributed by atoms with Crippen LogP contribution in [0.4, 0.5) is 0 Å². The molecule has 0 radical (unpaired) electrons. The van der Waals surface area contributed by atoms with Gasteiger partial charge in [0.05, 0.1) is 19.2 Å². The first-order valence-corrected chi connectivity index (χ1v) is 7.76. The Morgan fingerprint density at radius 2 is 2.21 bits per heavy atom. The van der Waals surface area contributed by atoms with Crippen molar-refractivity contribution in [2.75, 3.05) is 20.2 Å². The zero-order valence-electron chi connectivity index (χ0n) is 13.4. The zero-order chi connectivity index (χ0) is 16.9. The predicted molar refractivity (Wildman–Crippen MR) is 85.8 cm³/mol. The fraction of sp³-hybridized carbons (Fsp3) is 0.353. The number of esters is 1. The van der Waals surface area contributed by atoms with Crippen LogP contribution in [0.2, 0.25) is 0 Å². The van der Waals surface area contributed by atoms with E-state index in [1.807, 2.05) is 35.2 Å². The molecule has 1 saturated heterocycles. The summed E-state index contributed by atoms with van der Waals surface area (Å²) in [6, 6.07) is 9.05. The van der Waals surface area contributed by atoms with Crippen LogP contribution in [0.3, 0.4) is 0 Å². The number of piperazine rings is 1. The Morgan fingerprint density at radius 1 is 1.42 bits per heavy atom. The molecule has 24 heavy (non-hydrogen) atoms. The van der Waals surface area contributed by atoms with Crippen molar-refractivity contribution in [3.63, 3.8) is 0 Å². The first-order chi connectivity index (χ1) is 11.7. The summed E-state index contributed by atoms with van der Waals surface area (Å²) in [6.07, 6.45) is 1.61. The van der Waals surface area contributed by atoms with E-state index in [0.29, 0.717) is 25.5 Å². The van der Waals surface area contributed by atoms with Crippen molar-refractivity contribution in [1.82, 2.24) is 15.2 Å². The highest BCUT2D eigenvalue weighted by Crippen LogP contribution is 2.20. The van der Waals surface area contributed by atoms with Crippen LogP contribution < -0.4 is 5.32 Å². The van der Waals surface area contributed by atoms with E-state index in [2.05, 4.69) is 15.0 Å². The van der Waals surface area contributed by atoms with Gasteiger partial charge >= 0.3 is 5.97 Å². The van der Waals surface area contributed by atoms with E-state index in [1.54, 1.807) is 6.26 Å². The molecule has 1 aliphatic rings. The van der Waals surface area contributed by atoms with Gasteiger partial charge in [0.25, 0.3) is 0 Å². The highest BCUT2D eigenvalue weighted by atomic mass is 16.5. The average Bonchev–Trinajstić information content (AvgIpc) is 3.07. The van der Waals surface area contributed by atoms with E-state index < -0.39 is 12.0 Å². The molecular weight excluding hydrogens is 310 g/mol. The molecule has 0 aliphatic carbocycles. The summed E-state index contributed by atoms with van der Waals surface area (Å²) in [4.78, 5) is 30.0. The molecule has 1 fully saturated rings. The predicted octanol–water partition coefficient (Wildman–Crippen LogP) is 1.21. The van der Waals surface area contributed by atoms with E-state index in [1.165, 1.54) is 7.11 Å². The van der Waals surface area contributed by atoms with Gasteiger partial charge in [0, 0.05) is 25.2 Å². The third-order valence-electron chi connectivity index (χ3n) is 3.97. The molecule has 1 amide bonds. The SMILES string of the molecule is COC(=O)C[C@H]1C(=O)NCCN1Cc1coc(-c2ccccc2)n1. The highest BCUT2D eigenvalue weighted by Gasteiger charge is 2.32. The second-order valence-corrected chi connectivity index (χ2v) is 5.57. The Hall–Kier alpha value is -2.67. The lowest BCUT2D eigenvalue weighted by atomic mass is 10.1. The van der Waals surface area contributed by atoms with Gasteiger partial charge in [0.1, 0.15) is 12.3 Å². The van der Waals surface area contributed by atoms with E-state index in [4.69, 9.17) is 4.42 Å². The second-order valence-electron chi connectivity index (χ2n) is 5.57. The summed E-state index contributed by atoms with van der Waals surface area (Å²) < 4.78 is 10.2. The minimum atomic E-state index is -0.553. The van der Waals surface area contributed by atoms with Gasteiger partial charge in [-0.2, -0.15) is 0 Å². The van der Waals surface area contributed by atoms with E-state index >= 15 is 0 Å². The number of carbonyl (C=O) groups excluding carboxylic acids is 2. The number of nitrogens with zero attached hydrogens (tertiary/aromatic N) is 2. The summed E-state index contributed by atoms with van der Waals surface area (Å²) in [5, 5.41) is 2.78. The molecule has 2 heterocycles. The number of methoxy groups -OCH3 is 1. The Balaban J connectivity index is 1.72. The molecule has 1 aromatic heterocycles. The number of ether oxygens (including phenoxy) is 1. The summed E-state index contributed by atoms with van der Waals surface area (Å²) in [6.45, 7) is 1.62. The Kier molecular flexibility index (Phi) is 4.90. The second kappa shape index (κ2) is 7.27. The zero-order valence-corrected chi connectivity index (χ0v) is 13.4. The van der Waals surface area contributed by atoms with E-state index in [-0.39, 0.29) is 12.3 Å². The molecule has 1 N–H and O–H groups in total. The van der Waals surface area contributed by atoms with E-state index in [9.17, 15) is 9.59 Å². The minimum Gasteiger partial charge on any atom is -0.469 e. The number of rotatable bonds is 5. The van der Waals surface area contributed by atoms with Crippen molar-refractivity contribution in [1.29, 1.82) is 0 Å². The van der Waals surface area contributed by atoms with Gasteiger partial charge in [0.15, 0.2) is 0 Å². The molecule has 126 valence electrons. The number of hydrogen-bond acceptors (Lipinski definition) is 6. The molecule has 7 nitrogen and oxygen atoms in total. The molecule has 3 rings (SSSR count). The van der Waals surface area contributed by atoms with Crippen molar-refractivity contribution < 1.29 is 18.7 Å². The number of amides is 1. The van der Waals surface area contributed by atoms with Crippen LogP contribution in [0, 0.1) is 0 Å². The van der Waals surface area contributed by atoms with Crippen LogP contribution in [-0.2, 0) is 20.9 Å². The molecule has 0 bridgehead atoms. The molecule has 1 atom stereocenters. The Labute approximate surface area is 139 Å². The van der Waals surface area contributed by atoms with Crippen molar-refractivity contribution in [2.24, 2.45) is 0 Å². The van der Waals surface area contributed by atoms with Gasteiger partial charge in [-0.05, 0) is 12.1 Å². The van der Waals surface area contributed by atoms with Crippen LogP contribution in [0.15, 0.2) is 41.0 Å². The molecule has 1 aromatic carbocycles. The fourth-order valence-electron chi connectivity index (χ4n) is 2.72. The highest BCUT2D eigenvalue weighted by molar-refractivity contribution is 5.87. The lowest BCUT2D eigenvalue weighted by molar-refractivity contribution is -0.146. The quantitative estimate of drug-likeness (QED) is 0.830. The smallest absolute Gasteiger partial charge is 0.307 e. The topological polar surface area (TPSA) is 84.7 Å². The molecule has 2 aromatic rings. The normalized spacial score (nSPS) is 18.2. The molecule has 7 heteroatoms. The van der Waals surface area contributed by atoms with Crippen LogP contribution in [0.1, 0.15) is 12.1 Å². The molecular formula is C17H19N3O4. The van der Waals surface area contributed by atoms with Gasteiger partial charge in [-0.3, -0.25) is 14.5 Å². The lowest BCUT2D eigenvalue weighted by Crippen LogP contribution is -2.55. The third-order valence-corrected chi connectivity index (χ3v) is 3.97. The number of nitrogens with one attached hydrogen (secondary N) is 1. The summed E-state index contributed by atoms with van der Waals surface area (Å²) in [5.41, 5.74) is 1.62. The first kappa shape index (κ1) is 16.2. The maximum Gasteiger partial charge on any atom is 0.307 e. The summed E-state index contributed by atoms with van der Waals surface area (Å²) >= 11 is 0. The standard InChI is InChI=1S/C17H19N3O4/c1-23-15(21)9-14-16(22)18-7-8-20(14)10-13-11-24-17(19-13)12-5-3-2-4-6-12/h2-6,11,14H,7-10H2,1H3,(H,18,22)/t14-/m0/s1. The van der Waals surface area contributed by atoms with Crippen LogP contribution >= 0.6 is 0 Å². The number of aromatic nitrogens is 1. The number of benzene rings is 1. The van der Waals surface area contributed by atoms with E-state index in [0.717, 1.165) is 11.3 Å². The van der Waals surface area contributed by atoms with Gasteiger partial charge in [-0.15, -0.1) is 0 Å². The maximum absolute atomic E-state index is 12.1. The Bertz CT molecular complexity index is 714. The van der Waals surface area contributed by atoms with Gasteiger partial charge in [0.2, 0.25) is 11.8 Å². The number of carbonyl (C=O) groups is 2. The first-order valence-electron chi connectivity index (χ1n) is 7.76. The monoisotopic (exact) mass is 329 g/mol. The number of hydrogen-bond donors (Lipinski definition) is 1. The molecule has 0 spiro atoms. The van der Waals surface area contributed by atoms with Crippen LogP contribution in [0.5, 0.6) is 0 Å². The summed E-state index contributed by atoms with van der Waals surface area (Å²) in [5.74, 6) is -0.0396. The van der Waals surface area contributed by atoms with Crippen LogP contribution in [-0.4, -0.2) is 48.0 Å². The largest absolute Gasteiger partial charge is 0.469 e. The van der Waals surface area contributed by atoms with Crippen molar-refractivity contribution in [2.45, 2.75) is 19.0 Å². The molecule has 0 saturated carbocycles. The maximum atomic E-state index is 12.1. The minimum absolute atomic E-state index is 0.0196. The van der Waals surface area contributed by atoms with Gasteiger partial charge < -0.3 is 14.5 Å².